The second-order valence-electron chi connectivity index (χ2n) is 3.31. The van der Waals surface area contributed by atoms with Crippen molar-refractivity contribution in [2.24, 2.45) is 0 Å². The van der Waals surface area contributed by atoms with E-state index in [0.29, 0.717) is 33.0 Å². The monoisotopic (exact) mass is 484 g/mol. The van der Waals surface area contributed by atoms with Gasteiger partial charge >= 0.3 is 0 Å². The molecular formula is C10H18I2N2O4. The Bertz CT molecular complexity index is 242. The van der Waals surface area contributed by atoms with E-state index >= 15 is 0 Å². The van der Waals surface area contributed by atoms with Gasteiger partial charge in [0, 0.05) is 48.8 Å². The van der Waals surface area contributed by atoms with Gasteiger partial charge < -0.3 is 14.8 Å². The third-order valence-corrected chi connectivity index (χ3v) is 2.91. The van der Waals surface area contributed by atoms with Gasteiger partial charge in [0.05, 0.1) is 26.4 Å². The Morgan fingerprint density at radius 2 is 1.56 bits per heavy atom. The van der Waals surface area contributed by atoms with Crippen molar-refractivity contribution in [3.8, 4) is 0 Å². The van der Waals surface area contributed by atoms with Gasteiger partial charge in [-0.15, -0.1) is 0 Å². The fraction of sp³-hybridized carbons (Fsp3) is 0.800. The van der Waals surface area contributed by atoms with Gasteiger partial charge in [-0.1, -0.05) is 0 Å². The van der Waals surface area contributed by atoms with Crippen LogP contribution < -0.4 is 8.85 Å². The average Bonchev–Trinajstić information content (AvgIpc) is 2.34. The van der Waals surface area contributed by atoms with Crippen molar-refractivity contribution in [2.75, 3.05) is 39.5 Å². The van der Waals surface area contributed by atoms with E-state index in [-0.39, 0.29) is 22.5 Å². The van der Waals surface area contributed by atoms with E-state index in [2.05, 4.69) is 31.7 Å². The van der Waals surface area contributed by atoms with Crippen LogP contribution in [0.3, 0.4) is 0 Å². The largest absolute Gasteiger partial charge is 0.378 e. The molecule has 0 aliphatic rings. The first kappa shape index (κ1) is 18.5. The van der Waals surface area contributed by atoms with Gasteiger partial charge in [-0.3, -0.25) is 13.1 Å². The number of carbonyl (C=O) groups excluding carboxylic acids is 2. The molecule has 0 rings (SSSR count). The highest BCUT2D eigenvalue weighted by atomic mass is 127. The van der Waals surface area contributed by atoms with E-state index in [0.717, 1.165) is 6.54 Å². The lowest BCUT2D eigenvalue weighted by molar-refractivity contribution is -0.123. The molecule has 0 spiro atoms. The molecule has 0 unspecified atom stereocenters. The quantitative estimate of drug-likeness (QED) is 0.186. The van der Waals surface area contributed by atoms with Crippen LogP contribution in [-0.2, 0) is 19.1 Å². The highest BCUT2D eigenvalue weighted by molar-refractivity contribution is 14.1. The number of nitrogens with one attached hydrogen (secondary N) is 2. The Hall–Kier alpha value is 0.480. The van der Waals surface area contributed by atoms with Crippen LogP contribution in [0, 0.1) is 0 Å². The van der Waals surface area contributed by atoms with Crippen molar-refractivity contribution in [1.29, 1.82) is 0 Å². The number of ether oxygens (including phenoxy) is 2. The number of rotatable bonds is 12. The molecule has 6 nitrogen and oxygen atoms in total. The number of hydrogen-bond acceptors (Lipinski definition) is 5. The summed E-state index contributed by atoms with van der Waals surface area (Å²) in [5, 5.41) is 2.68. The first-order chi connectivity index (χ1) is 8.66. The Balaban J connectivity index is 3.15. The molecule has 0 radical (unpaired) electrons. The molecule has 0 aliphatic heterocycles. The van der Waals surface area contributed by atoms with E-state index < -0.39 is 0 Å². The van der Waals surface area contributed by atoms with Crippen LogP contribution in [0.25, 0.3) is 0 Å². The molecule has 106 valence electrons. The fourth-order valence-electron chi connectivity index (χ4n) is 0.996. The van der Waals surface area contributed by atoms with Gasteiger partial charge in [-0.05, 0) is 22.6 Å². The van der Waals surface area contributed by atoms with Crippen molar-refractivity contribution in [3.63, 3.8) is 0 Å². The lowest BCUT2D eigenvalue weighted by atomic mass is 10.3. The Morgan fingerprint density at radius 1 is 0.944 bits per heavy atom. The SMILES string of the molecule is O=C(I)CCC(=O)NCCOCCOCCNI. The first-order valence-corrected chi connectivity index (χ1v) is 7.76. The molecule has 1 amide bonds. The predicted octanol–water partition coefficient (Wildman–Crippen LogP) is 0.817. The average molecular weight is 484 g/mol. The molecule has 0 fully saturated rings. The summed E-state index contributed by atoms with van der Waals surface area (Å²) < 4.78 is 13.4. The summed E-state index contributed by atoms with van der Waals surface area (Å²) >= 11 is 3.74. The van der Waals surface area contributed by atoms with Crippen molar-refractivity contribution in [2.45, 2.75) is 12.8 Å². The molecule has 0 saturated heterocycles. The molecule has 0 bridgehead atoms. The molecule has 0 aromatic heterocycles. The summed E-state index contributed by atoms with van der Waals surface area (Å²) in [5.41, 5.74) is 0. The van der Waals surface area contributed by atoms with Gasteiger partial charge in [-0.25, -0.2) is 0 Å². The maximum Gasteiger partial charge on any atom is 0.220 e. The summed E-state index contributed by atoms with van der Waals surface area (Å²) in [6.07, 6.45) is 0.528. The maximum absolute atomic E-state index is 11.2. The van der Waals surface area contributed by atoms with E-state index in [9.17, 15) is 9.59 Å². The van der Waals surface area contributed by atoms with Gasteiger partial charge in [0.1, 0.15) is 0 Å². The highest BCUT2D eigenvalue weighted by Crippen LogP contribution is 1.96. The van der Waals surface area contributed by atoms with E-state index in [1.165, 1.54) is 0 Å². The molecular weight excluding hydrogens is 466 g/mol. The van der Waals surface area contributed by atoms with E-state index in [1.54, 1.807) is 22.6 Å². The zero-order valence-electron chi connectivity index (χ0n) is 10.0. The minimum atomic E-state index is -0.118. The Labute approximate surface area is 135 Å². The normalized spacial score (nSPS) is 10.3. The molecule has 0 heterocycles. The van der Waals surface area contributed by atoms with Gasteiger partial charge in [0.15, 0.2) is 3.79 Å². The van der Waals surface area contributed by atoms with Crippen molar-refractivity contribution >= 4 is 55.2 Å². The third-order valence-electron chi connectivity index (χ3n) is 1.83. The molecule has 0 aromatic rings. The number of hydrogen-bond donors (Lipinski definition) is 2. The van der Waals surface area contributed by atoms with Crippen LogP contribution in [0.15, 0.2) is 0 Å². The summed E-state index contributed by atoms with van der Waals surface area (Å²) in [5.74, 6) is -0.118. The van der Waals surface area contributed by atoms with E-state index in [1.807, 2.05) is 0 Å². The third kappa shape index (κ3) is 14.5. The molecule has 0 saturated carbocycles. The first-order valence-electron chi connectivity index (χ1n) is 5.61. The number of amides is 1. The zero-order chi connectivity index (χ0) is 13.6. The van der Waals surface area contributed by atoms with Crippen LogP contribution in [0.1, 0.15) is 12.8 Å². The topological polar surface area (TPSA) is 76.7 Å². The van der Waals surface area contributed by atoms with Crippen molar-refractivity contribution in [3.05, 3.63) is 0 Å². The Kier molecular flexibility index (Phi) is 14.3. The van der Waals surface area contributed by atoms with Gasteiger partial charge in [0.2, 0.25) is 5.91 Å². The summed E-state index contributed by atoms with van der Waals surface area (Å²) in [6, 6.07) is 0. The minimum absolute atomic E-state index is 0.00265. The standard InChI is InChI=1S/C10H18I2N2O4/c11-9(15)1-2-10(16)13-3-5-17-7-8-18-6-4-14-12/h14H,1-8H2,(H,13,16). The molecule has 2 N–H and O–H groups in total. The van der Waals surface area contributed by atoms with Crippen molar-refractivity contribution < 1.29 is 19.1 Å². The van der Waals surface area contributed by atoms with Crippen LogP contribution in [-0.4, -0.2) is 49.2 Å². The smallest absolute Gasteiger partial charge is 0.220 e. The van der Waals surface area contributed by atoms with Crippen LogP contribution >= 0.6 is 45.5 Å². The molecule has 0 atom stereocenters. The lowest BCUT2D eigenvalue weighted by Gasteiger charge is -2.06. The zero-order valence-corrected chi connectivity index (χ0v) is 14.4. The second kappa shape index (κ2) is 13.9. The van der Waals surface area contributed by atoms with Gasteiger partial charge in [-0.2, -0.15) is 0 Å². The van der Waals surface area contributed by atoms with Crippen molar-refractivity contribution in [1.82, 2.24) is 8.85 Å². The molecule has 8 heteroatoms. The predicted molar refractivity (Wildman–Crippen MR) is 84.9 cm³/mol. The molecule has 0 aromatic carbocycles. The Morgan fingerprint density at radius 3 is 2.11 bits per heavy atom. The summed E-state index contributed by atoms with van der Waals surface area (Å²) in [4.78, 5) is 21.8. The number of carbonyl (C=O) groups is 2. The molecule has 18 heavy (non-hydrogen) atoms. The van der Waals surface area contributed by atoms with Crippen LogP contribution in [0.2, 0.25) is 0 Å². The van der Waals surface area contributed by atoms with Crippen LogP contribution in [0.5, 0.6) is 0 Å². The number of halogens is 2. The van der Waals surface area contributed by atoms with Crippen LogP contribution in [0.4, 0.5) is 0 Å². The highest BCUT2D eigenvalue weighted by Gasteiger charge is 2.03. The molecule has 0 aliphatic carbocycles. The van der Waals surface area contributed by atoms with Gasteiger partial charge in [0.25, 0.3) is 0 Å². The minimum Gasteiger partial charge on any atom is -0.378 e. The second-order valence-corrected chi connectivity index (χ2v) is 5.28. The summed E-state index contributed by atoms with van der Waals surface area (Å²) in [6.45, 7) is 3.46. The van der Waals surface area contributed by atoms with E-state index in [4.69, 9.17) is 9.47 Å². The maximum atomic E-state index is 11.2. The lowest BCUT2D eigenvalue weighted by Crippen LogP contribution is -2.27. The fourth-order valence-corrected chi connectivity index (χ4v) is 1.49. The summed E-state index contributed by atoms with van der Waals surface area (Å²) in [7, 11) is 0.